The van der Waals surface area contributed by atoms with Gasteiger partial charge in [-0.3, -0.25) is 0 Å². The predicted molar refractivity (Wildman–Crippen MR) is 110 cm³/mol. The second kappa shape index (κ2) is 19.5. The maximum Gasteiger partial charge on any atom is 0.186 e. The zero-order valence-electron chi connectivity index (χ0n) is 15.9. The summed E-state index contributed by atoms with van der Waals surface area (Å²) >= 11 is 0. The molecule has 5 nitrogen and oxygen atoms in total. The molecule has 150 valence electrons. The molecule has 0 fully saturated rings. The second-order valence-corrected chi connectivity index (χ2v) is 6.55. The highest BCUT2D eigenvalue weighted by molar-refractivity contribution is 5.85. The van der Waals surface area contributed by atoms with Crippen molar-refractivity contribution in [2.24, 2.45) is 16.5 Å². The molecule has 0 radical (unpaired) electrons. The smallest absolute Gasteiger partial charge is 0.186 e. The van der Waals surface area contributed by atoms with E-state index < -0.39 is 12.1 Å². The van der Waals surface area contributed by atoms with E-state index in [0.29, 0.717) is 0 Å². The van der Waals surface area contributed by atoms with Crippen LogP contribution in [0.3, 0.4) is 0 Å². The Morgan fingerprint density at radius 2 is 1.40 bits per heavy atom. The topological polar surface area (TPSA) is 105 Å². The molecule has 25 heavy (non-hydrogen) atoms. The zero-order valence-corrected chi connectivity index (χ0v) is 16.7. The van der Waals surface area contributed by atoms with E-state index in [1.165, 1.54) is 64.2 Å². The predicted octanol–water partition coefficient (Wildman–Crippen LogP) is 3.66. The van der Waals surface area contributed by atoms with E-state index in [4.69, 9.17) is 16.6 Å². The lowest BCUT2D eigenvalue weighted by molar-refractivity contribution is 0.145. The van der Waals surface area contributed by atoms with Crippen LogP contribution >= 0.6 is 12.4 Å². The largest absolute Gasteiger partial charge is 0.394 e. The molecule has 0 heterocycles. The minimum atomic E-state index is -0.843. The van der Waals surface area contributed by atoms with Crippen molar-refractivity contribution < 1.29 is 10.2 Å². The Morgan fingerprint density at radius 1 is 0.920 bits per heavy atom. The number of allylic oxidation sites excluding steroid dienone is 1. The molecule has 0 bridgehead atoms. The van der Waals surface area contributed by atoms with Crippen molar-refractivity contribution in [1.29, 1.82) is 0 Å². The molecule has 0 saturated heterocycles. The van der Waals surface area contributed by atoms with Crippen LogP contribution in [0.4, 0.5) is 0 Å². The second-order valence-electron chi connectivity index (χ2n) is 6.55. The summed E-state index contributed by atoms with van der Waals surface area (Å²) in [6, 6.07) is -0.677. The van der Waals surface area contributed by atoms with Gasteiger partial charge in [0.1, 0.15) is 6.04 Å². The van der Waals surface area contributed by atoms with Crippen molar-refractivity contribution in [3.63, 3.8) is 0 Å². The molecule has 0 aliphatic carbocycles. The Morgan fingerprint density at radius 3 is 1.84 bits per heavy atom. The number of aliphatic hydroxyl groups is 2. The number of hydrogen-bond acceptors (Lipinski definition) is 3. The number of nitrogens with two attached hydrogens (primary N) is 2. The van der Waals surface area contributed by atoms with Crippen LogP contribution in [0, 0.1) is 0 Å². The van der Waals surface area contributed by atoms with E-state index in [2.05, 4.69) is 11.9 Å². The standard InChI is InChI=1S/C19H39N3O2.ClH/c1-2-3-4-5-6-7-8-9-10-11-12-13-14-15-18(24)17(16-23)22-19(20)21;/h14-15,17-18,23-24H,2-13,16H2,1H3,(H4,20,21,22);1H/b15-14+;. The highest BCUT2D eigenvalue weighted by atomic mass is 35.5. The van der Waals surface area contributed by atoms with Gasteiger partial charge in [-0.15, -0.1) is 12.4 Å². The number of aliphatic hydroxyl groups excluding tert-OH is 2. The Labute approximate surface area is 160 Å². The van der Waals surface area contributed by atoms with Crippen molar-refractivity contribution >= 4 is 18.4 Å². The molecule has 0 amide bonds. The van der Waals surface area contributed by atoms with Crippen LogP contribution in [0.1, 0.15) is 84.0 Å². The van der Waals surface area contributed by atoms with Gasteiger partial charge in [-0.1, -0.05) is 83.3 Å². The maximum atomic E-state index is 9.87. The minimum absolute atomic E-state index is 0. The van der Waals surface area contributed by atoms with E-state index in [1.54, 1.807) is 6.08 Å². The molecule has 6 heteroatoms. The van der Waals surface area contributed by atoms with Gasteiger partial charge in [0.05, 0.1) is 12.7 Å². The van der Waals surface area contributed by atoms with Crippen molar-refractivity contribution in [3.05, 3.63) is 12.2 Å². The van der Waals surface area contributed by atoms with Crippen LogP contribution in [0.2, 0.25) is 0 Å². The van der Waals surface area contributed by atoms with Gasteiger partial charge in [0, 0.05) is 0 Å². The van der Waals surface area contributed by atoms with Crippen LogP contribution in [0.15, 0.2) is 17.1 Å². The molecule has 6 N–H and O–H groups in total. The highest BCUT2D eigenvalue weighted by Crippen LogP contribution is 2.12. The van der Waals surface area contributed by atoms with E-state index in [9.17, 15) is 5.11 Å². The third-order valence-corrected chi connectivity index (χ3v) is 4.20. The number of halogens is 1. The van der Waals surface area contributed by atoms with Crippen molar-refractivity contribution in [2.45, 2.75) is 96.1 Å². The molecule has 0 rings (SSSR count). The summed E-state index contributed by atoms with van der Waals surface area (Å²) in [7, 11) is 0. The molecular formula is C19H40ClN3O2. The molecular weight excluding hydrogens is 338 g/mol. The summed E-state index contributed by atoms with van der Waals surface area (Å²) in [6.45, 7) is 1.98. The van der Waals surface area contributed by atoms with E-state index >= 15 is 0 Å². The first kappa shape index (κ1) is 26.4. The van der Waals surface area contributed by atoms with Gasteiger partial charge in [0.2, 0.25) is 0 Å². The SMILES string of the molecule is CCCCCCCCCCCCC/C=C/C(O)C(CO)N=C(N)N.Cl. The summed E-state index contributed by atoms with van der Waals surface area (Å²) in [4.78, 5) is 3.80. The van der Waals surface area contributed by atoms with Crippen LogP contribution < -0.4 is 11.5 Å². The summed E-state index contributed by atoms with van der Waals surface area (Å²) in [5.41, 5.74) is 10.5. The highest BCUT2D eigenvalue weighted by Gasteiger charge is 2.14. The zero-order chi connectivity index (χ0) is 18.0. The molecule has 2 unspecified atom stereocenters. The fraction of sp³-hybridized carbons (Fsp3) is 0.842. The number of rotatable bonds is 16. The quantitative estimate of drug-likeness (QED) is 0.142. The first-order chi connectivity index (χ1) is 11.6. The first-order valence-corrected chi connectivity index (χ1v) is 9.66. The third-order valence-electron chi connectivity index (χ3n) is 4.20. The molecule has 2 atom stereocenters. The fourth-order valence-electron chi connectivity index (χ4n) is 2.71. The van der Waals surface area contributed by atoms with Gasteiger partial charge in [0.15, 0.2) is 5.96 Å². The lowest BCUT2D eigenvalue weighted by Gasteiger charge is -2.13. The summed E-state index contributed by atoms with van der Waals surface area (Å²) in [6.07, 6.45) is 18.3. The van der Waals surface area contributed by atoms with E-state index in [-0.39, 0.29) is 25.0 Å². The van der Waals surface area contributed by atoms with Crippen LogP contribution in [-0.2, 0) is 0 Å². The van der Waals surface area contributed by atoms with Gasteiger partial charge in [0.25, 0.3) is 0 Å². The monoisotopic (exact) mass is 377 g/mol. The average Bonchev–Trinajstić information content (AvgIpc) is 2.56. The van der Waals surface area contributed by atoms with Gasteiger partial charge >= 0.3 is 0 Å². The molecule has 0 saturated carbocycles. The number of aliphatic imine (C=N–C) groups is 1. The normalized spacial score (nSPS) is 13.4. The molecule has 0 aliphatic heterocycles. The average molecular weight is 378 g/mol. The Balaban J connectivity index is 0. The van der Waals surface area contributed by atoms with Crippen LogP contribution in [0.5, 0.6) is 0 Å². The number of hydrogen-bond donors (Lipinski definition) is 4. The van der Waals surface area contributed by atoms with Crippen molar-refractivity contribution in [2.75, 3.05) is 6.61 Å². The maximum absolute atomic E-state index is 9.87. The minimum Gasteiger partial charge on any atom is -0.394 e. The molecule has 0 aromatic rings. The van der Waals surface area contributed by atoms with Crippen LogP contribution in [-0.4, -0.2) is 34.9 Å². The van der Waals surface area contributed by atoms with Gasteiger partial charge in [-0.25, -0.2) is 4.99 Å². The van der Waals surface area contributed by atoms with Crippen LogP contribution in [0.25, 0.3) is 0 Å². The van der Waals surface area contributed by atoms with E-state index in [1.807, 2.05) is 6.08 Å². The molecule has 0 aromatic heterocycles. The Bertz CT molecular complexity index is 335. The van der Waals surface area contributed by atoms with E-state index in [0.717, 1.165) is 12.8 Å². The summed E-state index contributed by atoms with van der Waals surface area (Å²) in [5, 5.41) is 19.0. The molecule has 0 aliphatic rings. The number of nitrogens with zero attached hydrogens (tertiary/aromatic N) is 1. The van der Waals surface area contributed by atoms with Gasteiger partial charge in [-0.2, -0.15) is 0 Å². The van der Waals surface area contributed by atoms with Gasteiger partial charge < -0.3 is 21.7 Å². The number of guanidine groups is 1. The first-order valence-electron chi connectivity index (χ1n) is 9.66. The molecule has 0 aromatic carbocycles. The lowest BCUT2D eigenvalue weighted by Crippen LogP contribution is -2.32. The van der Waals surface area contributed by atoms with Gasteiger partial charge in [-0.05, 0) is 12.8 Å². The third kappa shape index (κ3) is 17.8. The summed E-state index contributed by atoms with van der Waals surface area (Å²) in [5.74, 6) is -0.119. The van der Waals surface area contributed by atoms with Crippen molar-refractivity contribution in [1.82, 2.24) is 0 Å². The fourth-order valence-corrected chi connectivity index (χ4v) is 2.71. The molecule has 0 spiro atoms. The summed E-state index contributed by atoms with van der Waals surface area (Å²) < 4.78 is 0. The Kier molecular flexibility index (Phi) is 20.7. The van der Waals surface area contributed by atoms with Crippen molar-refractivity contribution in [3.8, 4) is 0 Å². The number of unbranched alkanes of at least 4 members (excludes halogenated alkanes) is 11. The Hall–Kier alpha value is -0.780. The lowest BCUT2D eigenvalue weighted by atomic mass is 10.0.